The van der Waals surface area contributed by atoms with Crippen molar-refractivity contribution in [2.24, 2.45) is 10.7 Å². The van der Waals surface area contributed by atoms with E-state index in [0.29, 0.717) is 0 Å². The van der Waals surface area contributed by atoms with Crippen LogP contribution in [0.5, 0.6) is 0 Å². The van der Waals surface area contributed by atoms with Gasteiger partial charge in [-0.05, 0) is 19.7 Å². The molecule has 0 aromatic carbocycles. The Morgan fingerprint density at radius 3 is 2.90 bits per heavy atom. The molecule has 0 aliphatic rings. The van der Waals surface area contributed by atoms with E-state index in [1.807, 2.05) is 18.1 Å². The molecule has 0 spiro atoms. The average Bonchev–Trinajstić information content (AvgIpc) is 1.97. The number of hydrogen-bond acceptors (Lipinski definition) is 3. The number of aliphatic imine (C=N–C) groups is 1. The molecule has 3 nitrogen and oxygen atoms in total. The third-order valence-electron chi connectivity index (χ3n) is 1.14. The van der Waals surface area contributed by atoms with Crippen molar-refractivity contribution in [1.82, 2.24) is 4.90 Å². The van der Waals surface area contributed by atoms with E-state index in [9.17, 15) is 0 Å². The van der Waals surface area contributed by atoms with E-state index in [-0.39, 0.29) is 0 Å². The molecule has 0 heterocycles. The molecular weight excluding hydrogens is 126 g/mol. The van der Waals surface area contributed by atoms with Crippen LogP contribution in [0.1, 0.15) is 6.42 Å². The summed E-state index contributed by atoms with van der Waals surface area (Å²) < 4.78 is 0. The first kappa shape index (κ1) is 9.17. The third-order valence-corrected chi connectivity index (χ3v) is 1.14. The molecule has 0 aromatic heterocycles. The van der Waals surface area contributed by atoms with Crippen molar-refractivity contribution >= 4 is 6.72 Å². The van der Waals surface area contributed by atoms with E-state index < -0.39 is 0 Å². The second-order valence-corrected chi connectivity index (χ2v) is 2.10. The van der Waals surface area contributed by atoms with E-state index in [1.165, 1.54) is 0 Å². The van der Waals surface area contributed by atoms with Gasteiger partial charge >= 0.3 is 0 Å². The van der Waals surface area contributed by atoms with Gasteiger partial charge in [-0.1, -0.05) is 0 Å². The summed E-state index contributed by atoms with van der Waals surface area (Å²) in [5.41, 5.74) is 5.32. The number of nitrogens with zero attached hydrogens (tertiary/aromatic N) is 2. The molecule has 10 heavy (non-hydrogen) atoms. The second-order valence-electron chi connectivity index (χ2n) is 2.10. The molecule has 0 aliphatic carbocycles. The van der Waals surface area contributed by atoms with Gasteiger partial charge in [0.2, 0.25) is 0 Å². The van der Waals surface area contributed by atoms with Gasteiger partial charge in [-0.15, -0.1) is 0 Å². The summed E-state index contributed by atoms with van der Waals surface area (Å²) in [7, 11) is 1.98. The van der Waals surface area contributed by atoms with E-state index in [2.05, 4.69) is 11.7 Å². The summed E-state index contributed by atoms with van der Waals surface area (Å²) in [5, 5.41) is 0. The minimum atomic E-state index is 0.736. The maximum absolute atomic E-state index is 5.32. The molecule has 58 valence electrons. The molecule has 3 heteroatoms. The molecule has 0 aromatic rings. The van der Waals surface area contributed by atoms with Crippen LogP contribution in [0.3, 0.4) is 0 Å². The average molecular weight is 141 g/mol. The van der Waals surface area contributed by atoms with Gasteiger partial charge in [-0.3, -0.25) is 4.99 Å². The third kappa shape index (κ3) is 5.31. The van der Waals surface area contributed by atoms with Crippen LogP contribution in [0.25, 0.3) is 0 Å². The van der Waals surface area contributed by atoms with Crippen molar-refractivity contribution in [2.45, 2.75) is 6.42 Å². The van der Waals surface area contributed by atoms with Crippen LogP contribution in [0.2, 0.25) is 0 Å². The lowest BCUT2D eigenvalue weighted by Gasteiger charge is -2.11. The predicted octanol–water partition coefficient (Wildman–Crippen LogP) is 0.439. The summed E-state index contributed by atoms with van der Waals surface area (Å²) in [6.07, 6.45) is 4.55. The largest absolute Gasteiger partial charge is 0.379 e. The summed E-state index contributed by atoms with van der Waals surface area (Å²) in [6, 6.07) is 0. The molecule has 0 bridgehead atoms. The van der Waals surface area contributed by atoms with E-state index in [4.69, 9.17) is 5.73 Å². The highest BCUT2D eigenvalue weighted by Crippen LogP contribution is 1.86. The maximum atomic E-state index is 5.32. The SMILES string of the molecule is C=N/C=C\N(C)CCCN. The van der Waals surface area contributed by atoms with Crippen LogP contribution >= 0.6 is 0 Å². The van der Waals surface area contributed by atoms with Crippen LogP contribution in [-0.4, -0.2) is 31.8 Å². The lowest BCUT2D eigenvalue weighted by molar-refractivity contribution is 0.447. The minimum absolute atomic E-state index is 0.736. The Morgan fingerprint density at radius 1 is 1.70 bits per heavy atom. The van der Waals surface area contributed by atoms with Crippen molar-refractivity contribution in [1.29, 1.82) is 0 Å². The Morgan fingerprint density at radius 2 is 2.40 bits per heavy atom. The fourth-order valence-corrected chi connectivity index (χ4v) is 0.576. The van der Waals surface area contributed by atoms with Gasteiger partial charge in [0.05, 0.1) is 0 Å². The predicted molar refractivity (Wildman–Crippen MR) is 45.0 cm³/mol. The molecule has 0 atom stereocenters. The minimum Gasteiger partial charge on any atom is -0.379 e. The highest BCUT2D eigenvalue weighted by Gasteiger charge is 1.86. The van der Waals surface area contributed by atoms with Crippen LogP contribution in [0, 0.1) is 0 Å². The summed E-state index contributed by atoms with van der Waals surface area (Å²) >= 11 is 0. The molecule has 0 radical (unpaired) electrons. The Hall–Kier alpha value is -0.830. The first-order valence-corrected chi connectivity index (χ1v) is 3.34. The maximum Gasteiger partial charge on any atom is 0.0419 e. The molecule has 0 aliphatic heterocycles. The van der Waals surface area contributed by atoms with E-state index in [0.717, 1.165) is 19.5 Å². The summed E-state index contributed by atoms with van der Waals surface area (Å²) in [4.78, 5) is 5.61. The van der Waals surface area contributed by atoms with Gasteiger partial charge in [0.25, 0.3) is 0 Å². The Kier molecular flexibility index (Phi) is 5.77. The topological polar surface area (TPSA) is 41.6 Å². The molecule has 2 N–H and O–H groups in total. The van der Waals surface area contributed by atoms with Crippen molar-refractivity contribution in [3.8, 4) is 0 Å². The van der Waals surface area contributed by atoms with Gasteiger partial charge in [0.15, 0.2) is 0 Å². The summed E-state index contributed by atoms with van der Waals surface area (Å²) in [6.45, 7) is 5.04. The molecule has 0 saturated heterocycles. The zero-order valence-corrected chi connectivity index (χ0v) is 6.45. The fourth-order valence-electron chi connectivity index (χ4n) is 0.576. The number of hydrogen-bond donors (Lipinski definition) is 1. The summed E-state index contributed by atoms with van der Waals surface area (Å²) in [5.74, 6) is 0. The van der Waals surface area contributed by atoms with Gasteiger partial charge in [0, 0.05) is 26.0 Å². The quantitative estimate of drug-likeness (QED) is 0.564. The van der Waals surface area contributed by atoms with Crippen molar-refractivity contribution in [3.63, 3.8) is 0 Å². The van der Waals surface area contributed by atoms with Gasteiger partial charge in [-0.2, -0.15) is 0 Å². The molecule has 0 rings (SSSR count). The highest BCUT2D eigenvalue weighted by molar-refractivity contribution is 5.25. The highest BCUT2D eigenvalue weighted by atomic mass is 15.1. The normalized spacial score (nSPS) is 10.2. The standard InChI is InChI=1S/C7H15N3/c1-9-5-7-10(2)6-3-4-8/h5,7H,1,3-4,6,8H2,2H3/b7-5-. The molecule has 0 fully saturated rings. The Bertz CT molecular complexity index is 109. The van der Waals surface area contributed by atoms with Crippen LogP contribution < -0.4 is 5.73 Å². The van der Waals surface area contributed by atoms with E-state index in [1.54, 1.807) is 6.20 Å². The Labute approximate surface area is 62.2 Å². The van der Waals surface area contributed by atoms with E-state index >= 15 is 0 Å². The zero-order chi connectivity index (χ0) is 7.82. The van der Waals surface area contributed by atoms with Crippen molar-refractivity contribution in [2.75, 3.05) is 20.1 Å². The van der Waals surface area contributed by atoms with Crippen LogP contribution in [-0.2, 0) is 0 Å². The molecular formula is C7H15N3. The fraction of sp³-hybridized carbons (Fsp3) is 0.571. The monoisotopic (exact) mass is 141 g/mol. The molecule has 0 amide bonds. The van der Waals surface area contributed by atoms with Crippen molar-refractivity contribution in [3.05, 3.63) is 12.4 Å². The smallest absolute Gasteiger partial charge is 0.0419 e. The van der Waals surface area contributed by atoms with Gasteiger partial charge in [0.1, 0.15) is 0 Å². The van der Waals surface area contributed by atoms with Gasteiger partial charge < -0.3 is 10.6 Å². The second kappa shape index (κ2) is 6.29. The lowest BCUT2D eigenvalue weighted by Crippen LogP contribution is -2.15. The van der Waals surface area contributed by atoms with Crippen LogP contribution in [0.4, 0.5) is 0 Å². The molecule has 0 saturated carbocycles. The van der Waals surface area contributed by atoms with Gasteiger partial charge in [-0.25, -0.2) is 0 Å². The lowest BCUT2D eigenvalue weighted by atomic mass is 10.4. The van der Waals surface area contributed by atoms with Crippen molar-refractivity contribution < 1.29 is 0 Å². The number of rotatable bonds is 5. The Balaban J connectivity index is 3.32. The molecule has 0 unspecified atom stereocenters. The zero-order valence-electron chi connectivity index (χ0n) is 6.45. The number of nitrogens with two attached hydrogens (primary N) is 1. The first-order chi connectivity index (χ1) is 4.81. The van der Waals surface area contributed by atoms with Crippen LogP contribution in [0.15, 0.2) is 17.4 Å². The first-order valence-electron chi connectivity index (χ1n) is 3.34.